The standard InChI is InChI=1S/C29H33Cl2N3O5S/c1-4-27(29(36)32-5-2)33(19-21-7-9-22(30)10-8-21)28(35)20-34(24-13-15-25(16-14-24)39-6-3)40(37,38)26-17-11-23(31)12-18-26/h7-18,27H,4-6,19-20H2,1-3H3,(H,32,36). The van der Waals surface area contributed by atoms with Gasteiger partial charge in [-0.15, -0.1) is 0 Å². The number of sulfonamides is 1. The molecular formula is C29H33Cl2N3O5S. The maximum absolute atomic E-state index is 14.0. The maximum atomic E-state index is 14.0. The second-order valence-electron chi connectivity index (χ2n) is 8.86. The summed E-state index contributed by atoms with van der Waals surface area (Å²) >= 11 is 12.0. The Labute approximate surface area is 245 Å². The first kappa shape index (κ1) is 31.3. The number of likely N-dealkylation sites (N-methyl/N-ethyl adjacent to an activating group) is 1. The molecule has 1 N–H and O–H groups in total. The fraction of sp³-hybridized carbons (Fsp3) is 0.310. The van der Waals surface area contributed by atoms with Crippen molar-refractivity contribution < 1.29 is 22.7 Å². The third-order valence-electron chi connectivity index (χ3n) is 6.12. The van der Waals surface area contributed by atoms with Crippen LogP contribution in [-0.4, -0.2) is 50.9 Å². The van der Waals surface area contributed by atoms with Crippen molar-refractivity contribution in [2.24, 2.45) is 0 Å². The number of hydrogen-bond acceptors (Lipinski definition) is 5. The fourth-order valence-electron chi connectivity index (χ4n) is 4.14. The zero-order valence-corrected chi connectivity index (χ0v) is 25.0. The molecule has 1 unspecified atom stereocenters. The number of hydrogen-bond donors (Lipinski definition) is 1. The zero-order chi connectivity index (χ0) is 29.3. The Morgan fingerprint density at radius 2 is 1.45 bits per heavy atom. The van der Waals surface area contributed by atoms with Crippen LogP contribution < -0.4 is 14.4 Å². The van der Waals surface area contributed by atoms with E-state index in [1.54, 1.807) is 62.4 Å². The summed E-state index contributed by atoms with van der Waals surface area (Å²) in [4.78, 5) is 28.3. The number of nitrogens with one attached hydrogen (secondary N) is 1. The van der Waals surface area contributed by atoms with Crippen molar-refractivity contribution in [3.05, 3.63) is 88.4 Å². The Kier molecular flexibility index (Phi) is 11.2. The Balaban J connectivity index is 2.05. The number of anilines is 1. The fourth-order valence-corrected chi connectivity index (χ4v) is 5.80. The van der Waals surface area contributed by atoms with E-state index in [2.05, 4.69) is 5.32 Å². The van der Waals surface area contributed by atoms with Gasteiger partial charge in [0.05, 0.1) is 17.2 Å². The van der Waals surface area contributed by atoms with Crippen LogP contribution in [0.25, 0.3) is 0 Å². The van der Waals surface area contributed by atoms with Crippen molar-refractivity contribution in [3.63, 3.8) is 0 Å². The minimum atomic E-state index is -4.20. The van der Waals surface area contributed by atoms with Crippen LogP contribution in [0.2, 0.25) is 10.0 Å². The van der Waals surface area contributed by atoms with Gasteiger partial charge in [-0.1, -0.05) is 42.3 Å². The number of carbonyl (C=O) groups is 2. The topological polar surface area (TPSA) is 96.0 Å². The quantitative estimate of drug-likeness (QED) is 0.276. The first-order chi connectivity index (χ1) is 19.1. The van der Waals surface area contributed by atoms with E-state index < -0.39 is 28.5 Å². The minimum Gasteiger partial charge on any atom is -0.494 e. The van der Waals surface area contributed by atoms with Crippen molar-refractivity contribution in [2.75, 3.05) is 24.0 Å². The lowest BCUT2D eigenvalue weighted by atomic mass is 10.1. The highest BCUT2D eigenvalue weighted by atomic mass is 35.5. The van der Waals surface area contributed by atoms with Gasteiger partial charge in [-0.3, -0.25) is 13.9 Å². The van der Waals surface area contributed by atoms with Crippen molar-refractivity contribution in [1.82, 2.24) is 10.2 Å². The molecule has 0 aliphatic carbocycles. The van der Waals surface area contributed by atoms with Crippen molar-refractivity contribution >= 4 is 50.7 Å². The number of nitrogens with zero attached hydrogens (tertiary/aromatic N) is 2. The monoisotopic (exact) mass is 605 g/mol. The lowest BCUT2D eigenvalue weighted by Gasteiger charge is -2.33. The van der Waals surface area contributed by atoms with E-state index in [0.29, 0.717) is 35.4 Å². The van der Waals surface area contributed by atoms with E-state index in [1.165, 1.54) is 29.2 Å². The van der Waals surface area contributed by atoms with Crippen molar-refractivity contribution in [1.29, 1.82) is 0 Å². The smallest absolute Gasteiger partial charge is 0.264 e. The van der Waals surface area contributed by atoms with Crippen molar-refractivity contribution in [2.45, 2.75) is 44.7 Å². The number of ether oxygens (including phenoxy) is 1. The predicted octanol–water partition coefficient (Wildman–Crippen LogP) is 5.53. The molecule has 2 amide bonds. The molecular weight excluding hydrogens is 573 g/mol. The van der Waals surface area contributed by atoms with Gasteiger partial charge in [-0.25, -0.2) is 8.42 Å². The number of rotatable bonds is 13. The van der Waals surface area contributed by atoms with Crippen LogP contribution in [0.5, 0.6) is 5.75 Å². The highest BCUT2D eigenvalue weighted by Crippen LogP contribution is 2.27. The molecule has 11 heteroatoms. The lowest BCUT2D eigenvalue weighted by Crippen LogP contribution is -2.52. The Morgan fingerprint density at radius 1 is 0.875 bits per heavy atom. The molecule has 8 nitrogen and oxygen atoms in total. The molecule has 3 aromatic rings. The van der Waals surface area contributed by atoms with E-state index in [9.17, 15) is 18.0 Å². The van der Waals surface area contributed by atoms with Gasteiger partial charge < -0.3 is 15.0 Å². The maximum Gasteiger partial charge on any atom is 0.264 e. The third kappa shape index (κ3) is 7.90. The summed E-state index contributed by atoms with van der Waals surface area (Å²) in [6.07, 6.45) is 0.331. The first-order valence-corrected chi connectivity index (χ1v) is 15.1. The van der Waals surface area contributed by atoms with Gasteiger partial charge in [0.25, 0.3) is 10.0 Å². The van der Waals surface area contributed by atoms with Gasteiger partial charge in [-0.2, -0.15) is 0 Å². The predicted molar refractivity (Wildman–Crippen MR) is 158 cm³/mol. The summed E-state index contributed by atoms with van der Waals surface area (Å²) in [6, 6.07) is 18.3. The molecule has 0 radical (unpaired) electrons. The van der Waals surface area contributed by atoms with E-state index >= 15 is 0 Å². The number of carbonyl (C=O) groups excluding carboxylic acids is 2. The molecule has 0 aromatic heterocycles. The molecule has 40 heavy (non-hydrogen) atoms. The first-order valence-electron chi connectivity index (χ1n) is 12.9. The molecule has 0 bridgehead atoms. The Hall–Kier alpha value is -3.27. The highest BCUT2D eigenvalue weighted by Gasteiger charge is 2.33. The zero-order valence-electron chi connectivity index (χ0n) is 22.6. The minimum absolute atomic E-state index is 0.0291. The van der Waals surface area contributed by atoms with Gasteiger partial charge in [0.1, 0.15) is 18.3 Å². The third-order valence-corrected chi connectivity index (χ3v) is 8.41. The molecule has 0 saturated heterocycles. The molecule has 214 valence electrons. The average Bonchev–Trinajstić information content (AvgIpc) is 2.93. The molecule has 0 fully saturated rings. The van der Waals surface area contributed by atoms with Crippen LogP contribution >= 0.6 is 23.2 Å². The molecule has 0 aliphatic heterocycles. The van der Waals surface area contributed by atoms with Gasteiger partial charge >= 0.3 is 0 Å². The van der Waals surface area contributed by atoms with E-state index in [1.807, 2.05) is 6.92 Å². The molecule has 1 atom stereocenters. The van der Waals surface area contributed by atoms with Gasteiger partial charge in [0.15, 0.2) is 0 Å². The summed E-state index contributed by atoms with van der Waals surface area (Å²) in [7, 11) is -4.20. The van der Waals surface area contributed by atoms with E-state index in [4.69, 9.17) is 27.9 Å². The van der Waals surface area contributed by atoms with Crippen LogP contribution in [0, 0.1) is 0 Å². The molecule has 0 aliphatic rings. The largest absolute Gasteiger partial charge is 0.494 e. The number of benzene rings is 3. The van der Waals surface area contributed by atoms with Crippen LogP contribution in [0.4, 0.5) is 5.69 Å². The molecule has 0 saturated carbocycles. The van der Waals surface area contributed by atoms with Gasteiger partial charge in [0.2, 0.25) is 11.8 Å². The SMILES string of the molecule is CCNC(=O)C(CC)N(Cc1ccc(Cl)cc1)C(=O)CN(c1ccc(OCC)cc1)S(=O)(=O)c1ccc(Cl)cc1. The van der Waals surface area contributed by atoms with Gasteiger partial charge in [0, 0.05) is 23.1 Å². The van der Waals surface area contributed by atoms with E-state index in [-0.39, 0.29) is 23.0 Å². The summed E-state index contributed by atoms with van der Waals surface area (Å²) in [6.45, 7) is 5.83. The summed E-state index contributed by atoms with van der Waals surface area (Å²) < 4.78 is 34.3. The van der Waals surface area contributed by atoms with Crippen LogP contribution in [0.1, 0.15) is 32.8 Å². The molecule has 3 aromatic carbocycles. The molecule has 0 heterocycles. The second-order valence-corrected chi connectivity index (χ2v) is 11.6. The van der Waals surface area contributed by atoms with Crippen LogP contribution in [-0.2, 0) is 26.2 Å². The molecule has 0 spiro atoms. The van der Waals surface area contributed by atoms with E-state index in [0.717, 1.165) is 9.87 Å². The summed E-state index contributed by atoms with van der Waals surface area (Å²) in [5, 5.41) is 3.69. The normalized spacial score (nSPS) is 11.9. The average molecular weight is 607 g/mol. The lowest BCUT2D eigenvalue weighted by molar-refractivity contribution is -0.140. The van der Waals surface area contributed by atoms with Crippen LogP contribution in [0.3, 0.4) is 0 Å². The molecule has 3 rings (SSSR count). The van der Waals surface area contributed by atoms with Crippen molar-refractivity contribution in [3.8, 4) is 5.75 Å². The summed E-state index contributed by atoms with van der Waals surface area (Å²) in [5.74, 6) is -0.298. The highest BCUT2D eigenvalue weighted by molar-refractivity contribution is 7.92. The Bertz CT molecular complexity index is 1380. The number of amides is 2. The van der Waals surface area contributed by atoms with Gasteiger partial charge in [-0.05, 0) is 86.5 Å². The number of halogens is 2. The second kappa shape index (κ2) is 14.4. The Morgan fingerprint density at radius 3 is 1.98 bits per heavy atom. The summed E-state index contributed by atoms with van der Waals surface area (Å²) in [5.41, 5.74) is 1.01. The van der Waals surface area contributed by atoms with Crippen LogP contribution in [0.15, 0.2) is 77.7 Å².